The van der Waals surface area contributed by atoms with E-state index in [-0.39, 0.29) is 19.2 Å². The fourth-order valence-electron chi connectivity index (χ4n) is 5.92. The van der Waals surface area contributed by atoms with Gasteiger partial charge in [0.15, 0.2) is 0 Å². The van der Waals surface area contributed by atoms with E-state index in [9.17, 15) is 9.90 Å². The number of aliphatic hydroxyl groups is 1. The van der Waals surface area contributed by atoms with Gasteiger partial charge in [0.1, 0.15) is 6.10 Å². The van der Waals surface area contributed by atoms with Gasteiger partial charge in [-0.3, -0.25) is 4.79 Å². The summed E-state index contributed by atoms with van der Waals surface area (Å²) in [6.45, 7) is 5.31. The molecule has 49 heavy (non-hydrogen) atoms. The van der Waals surface area contributed by atoms with Gasteiger partial charge in [0, 0.05) is 13.0 Å². The van der Waals surface area contributed by atoms with Gasteiger partial charge in [-0.15, -0.1) is 0 Å². The molecule has 0 radical (unpaired) electrons. The van der Waals surface area contributed by atoms with E-state index < -0.39 is 6.10 Å². The molecule has 0 saturated carbocycles. The van der Waals surface area contributed by atoms with Gasteiger partial charge < -0.3 is 14.6 Å². The average Bonchev–Trinajstić information content (AvgIpc) is 3.11. The number of esters is 1. The molecule has 0 aromatic rings. The predicted octanol–water partition coefficient (Wildman–Crippen LogP) is 13.9. The standard InChI is InChI=1S/C45H82O4/c1-3-5-7-9-11-13-15-17-19-20-21-22-23-24-25-27-29-31-33-35-37-39-41-48-43-44(42-46)49-45(47)40-38-36-34-32-30-28-26-18-16-14-12-10-8-6-4-2/h15,17-18,20-21,23-24,26,44,46H,3-14,16,19,22,25,27-43H2,1-2H3/b17-15-,21-20-,24-23-,26-18-. The summed E-state index contributed by atoms with van der Waals surface area (Å²) >= 11 is 0. The maximum atomic E-state index is 12.2. The third-order valence-corrected chi connectivity index (χ3v) is 9.13. The Balaban J connectivity index is 3.47. The molecule has 0 heterocycles. The Morgan fingerprint density at radius 2 is 0.857 bits per heavy atom. The first kappa shape index (κ1) is 47.4. The van der Waals surface area contributed by atoms with Crippen molar-refractivity contribution in [3.05, 3.63) is 48.6 Å². The predicted molar refractivity (Wildman–Crippen MR) is 214 cm³/mol. The summed E-state index contributed by atoms with van der Waals surface area (Å²) in [7, 11) is 0. The highest BCUT2D eigenvalue weighted by Gasteiger charge is 2.13. The molecule has 1 atom stereocenters. The number of hydrogen-bond donors (Lipinski definition) is 1. The minimum atomic E-state index is -0.544. The Morgan fingerprint density at radius 1 is 0.490 bits per heavy atom. The molecule has 0 spiro atoms. The molecular formula is C45H82O4. The van der Waals surface area contributed by atoms with Crippen LogP contribution in [0.15, 0.2) is 48.6 Å². The van der Waals surface area contributed by atoms with Crippen LogP contribution in [-0.4, -0.2) is 37.0 Å². The van der Waals surface area contributed by atoms with E-state index in [1.54, 1.807) is 0 Å². The third-order valence-electron chi connectivity index (χ3n) is 9.13. The van der Waals surface area contributed by atoms with E-state index in [0.29, 0.717) is 13.0 Å². The van der Waals surface area contributed by atoms with Gasteiger partial charge in [-0.05, 0) is 77.0 Å². The second-order valence-corrected chi connectivity index (χ2v) is 14.1. The monoisotopic (exact) mass is 687 g/mol. The summed E-state index contributed by atoms with van der Waals surface area (Å²) < 4.78 is 11.1. The number of carbonyl (C=O) groups is 1. The van der Waals surface area contributed by atoms with E-state index in [1.165, 1.54) is 154 Å². The lowest BCUT2D eigenvalue weighted by Crippen LogP contribution is -2.27. The Bertz CT molecular complexity index is 768. The summed E-state index contributed by atoms with van der Waals surface area (Å²) in [5, 5.41) is 9.59. The van der Waals surface area contributed by atoms with E-state index in [1.807, 2.05) is 0 Å². The molecule has 0 aromatic heterocycles. The number of hydrogen-bond acceptors (Lipinski definition) is 4. The SMILES string of the molecule is CCCCCCC/C=C\C/C=C\C/C=C\CCCCCCCCCOCC(CO)OC(=O)CCCCCCC/C=C\CCCCCCCC. The molecule has 0 saturated heterocycles. The third kappa shape index (κ3) is 40.7. The van der Waals surface area contributed by atoms with Crippen LogP contribution in [0.2, 0.25) is 0 Å². The highest BCUT2D eigenvalue weighted by Crippen LogP contribution is 2.12. The minimum Gasteiger partial charge on any atom is -0.457 e. The van der Waals surface area contributed by atoms with Crippen molar-refractivity contribution in [3.63, 3.8) is 0 Å². The molecule has 4 nitrogen and oxygen atoms in total. The number of rotatable bonds is 39. The van der Waals surface area contributed by atoms with Crippen molar-refractivity contribution >= 4 is 5.97 Å². The molecule has 0 rings (SSSR count). The molecule has 1 N–H and O–H groups in total. The van der Waals surface area contributed by atoms with Crippen LogP contribution in [0.5, 0.6) is 0 Å². The topological polar surface area (TPSA) is 55.8 Å². The van der Waals surface area contributed by atoms with Gasteiger partial charge >= 0.3 is 5.97 Å². The largest absolute Gasteiger partial charge is 0.457 e. The lowest BCUT2D eigenvalue weighted by atomic mass is 10.1. The lowest BCUT2D eigenvalue weighted by molar-refractivity contribution is -0.154. The first-order chi connectivity index (χ1) is 24.2. The zero-order chi connectivity index (χ0) is 35.6. The van der Waals surface area contributed by atoms with Crippen LogP contribution in [0, 0.1) is 0 Å². The highest BCUT2D eigenvalue weighted by molar-refractivity contribution is 5.69. The second kappa shape index (κ2) is 42.5. The maximum absolute atomic E-state index is 12.2. The van der Waals surface area contributed by atoms with Gasteiger partial charge in [-0.1, -0.05) is 172 Å². The van der Waals surface area contributed by atoms with Crippen LogP contribution in [0.4, 0.5) is 0 Å². The molecular weight excluding hydrogens is 604 g/mol. The molecule has 0 aliphatic heterocycles. The summed E-state index contributed by atoms with van der Waals surface area (Å²) in [6.07, 6.45) is 54.5. The van der Waals surface area contributed by atoms with Crippen molar-refractivity contribution < 1.29 is 19.4 Å². The first-order valence-corrected chi connectivity index (χ1v) is 21.2. The van der Waals surface area contributed by atoms with Crippen LogP contribution in [0.25, 0.3) is 0 Å². The number of unbranched alkanes of at least 4 members (excludes halogenated alkanes) is 23. The van der Waals surface area contributed by atoms with Crippen molar-refractivity contribution in [2.45, 2.75) is 213 Å². The fraction of sp³-hybridized carbons (Fsp3) is 0.800. The van der Waals surface area contributed by atoms with Gasteiger partial charge in [0.2, 0.25) is 0 Å². The van der Waals surface area contributed by atoms with Crippen molar-refractivity contribution in [2.24, 2.45) is 0 Å². The molecule has 0 fully saturated rings. The van der Waals surface area contributed by atoms with Gasteiger partial charge in [-0.25, -0.2) is 0 Å². The molecule has 4 heteroatoms. The molecule has 286 valence electrons. The molecule has 0 aliphatic rings. The zero-order valence-corrected chi connectivity index (χ0v) is 32.7. The first-order valence-electron chi connectivity index (χ1n) is 21.2. The van der Waals surface area contributed by atoms with Crippen molar-refractivity contribution in [1.29, 1.82) is 0 Å². The van der Waals surface area contributed by atoms with Crippen molar-refractivity contribution in [3.8, 4) is 0 Å². The Labute approximate surface area is 305 Å². The van der Waals surface area contributed by atoms with E-state index in [4.69, 9.17) is 9.47 Å². The zero-order valence-electron chi connectivity index (χ0n) is 32.7. The van der Waals surface area contributed by atoms with E-state index in [2.05, 4.69) is 62.5 Å². The van der Waals surface area contributed by atoms with E-state index >= 15 is 0 Å². The van der Waals surface area contributed by atoms with Crippen molar-refractivity contribution in [2.75, 3.05) is 19.8 Å². The average molecular weight is 687 g/mol. The summed E-state index contributed by atoms with van der Waals surface area (Å²) in [5.74, 6) is -0.213. The van der Waals surface area contributed by atoms with Gasteiger partial charge in [0.05, 0.1) is 13.2 Å². The molecule has 0 aliphatic carbocycles. The van der Waals surface area contributed by atoms with Crippen LogP contribution >= 0.6 is 0 Å². The Morgan fingerprint density at radius 3 is 1.31 bits per heavy atom. The molecule has 0 aromatic carbocycles. The maximum Gasteiger partial charge on any atom is 0.306 e. The van der Waals surface area contributed by atoms with Crippen LogP contribution in [0.1, 0.15) is 206 Å². The van der Waals surface area contributed by atoms with Gasteiger partial charge in [-0.2, -0.15) is 0 Å². The Hall–Kier alpha value is -1.65. The number of carbonyl (C=O) groups excluding carboxylic acids is 1. The fourth-order valence-corrected chi connectivity index (χ4v) is 5.92. The number of ether oxygens (including phenoxy) is 2. The normalized spacial score (nSPS) is 12.8. The molecule has 0 bridgehead atoms. The van der Waals surface area contributed by atoms with Crippen LogP contribution in [-0.2, 0) is 14.3 Å². The Kier molecular flexibility index (Phi) is 41.1. The quantitative estimate of drug-likeness (QED) is 0.0397. The number of allylic oxidation sites excluding steroid dienone is 8. The second-order valence-electron chi connectivity index (χ2n) is 14.1. The summed E-state index contributed by atoms with van der Waals surface area (Å²) in [5.41, 5.74) is 0. The lowest BCUT2D eigenvalue weighted by Gasteiger charge is -2.15. The summed E-state index contributed by atoms with van der Waals surface area (Å²) in [4.78, 5) is 12.2. The minimum absolute atomic E-state index is 0.180. The molecule has 0 amide bonds. The smallest absolute Gasteiger partial charge is 0.306 e. The van der Waals surface area contributed by atoms with Crippen LogP contribution < -0.4 is 0 Å². The van der Waals surface area contributed by atoms with Crippen molar-refractivity contribution in [1.82, 2.24) is 0 Å². The van der Waals surface area contributed by atoms with Crippen LogP contribution in [0.3, 0.4) is 0 Å². The highest BCUT2D eigenvalue weighted by atomic mass is 16.6. The van der Waals surface area contributed by atoms with E-state index in [0.717, 1.165) is 32.1 Å². The van der Waals surface area contributed by atoms with Gasteiger partial charge in [0.25, 0.3) is 0 Å². The number of aliphatic hydroxyl groups excluding tert-OH is 1. The molecule has 1 unspecified atom stereocenters. The summed E-state index contributed by atoms with van der Waals surface area (Å²) in [6, 6.07) is 0.